The number of aliphatic imine (C=N–C) groups is 1. The topological polar surface area (TPSA) is 54.9 Å². The molecule has 6 heteroatoms. The third-order valence-corrected chi connectivity index (χ3v) is 3.58. The van der Waals surface area contributed by atoms with Crippen LogP contribution in [0.5, 0.6) is 5.75 Å². The SMILES string of the molecule is CN=C(NCc1cccc(COC)c1)NCc1cccc(OC)c1.I. The van der Waals surface area contributed by atoms with E-state index in [1.54, 1.807) is 21.3 Å². The second-order valence-corrected chi connectivity index (χ2v) is 5.38. The summed E-state index contributed by atoms with van der Waals surface area (Å²) in [6, 6.07) is 16.3. The third kappa shape index (κ3) is 7.31. The quantitative estimate of drug-likeness (QED) is 0.382. The maximum absolute atomic E-state index is 5.24. The van der Waals surface area contributed by atoms with Crippen LogP contribution in [0.15, 0.2) is 53.5 Å². The van der Waals surface area contributed by atoms with Crippen LogP contribution in [0.4, 0.5) is 0 Å². The van der Waals surface area contributed by atoms with Gasteiger partial charge in [0.1, 0.15) is 5.75 Å². The number of hydrogen-bond donors (Lipinski definition) is 2. The fourth-order valence-corrected chi connectivity index (χ4v) is 2.37. The zero-order chi connectivity index (χ0) is 17.2. The van der Waals surface area contributed by atoms with E-state index in [4.69, 9.17) is 9.47 Å². The van der Waals surface area contributed by atoms with E-state index >= 15 is 0 Å². The van der Waals surface area contributed by atoms with Crippen molar-refractivity contribution in [1.29, 1.82) is 0 Å². The molecule has 0 fully saturated rings. The first-order valence-electron chi connectivity index (χ1n) is 7.89. The van der Waals surface area contributed by atoms with Crippen molar-refractivity contribution in [2.75, 3.05) is 21.3 Å². The number of benzene rings is 2. The molecule has 0 saturated heterocycles. The predicted octanol–water partition coefficient (Wildman–Crippen LogP) is 3.32. The first-order chi connectivity index (χ1) is 11.7. The van der Waals surface area contributed by atoms with Crippen molar-refractivity contribution in [3.63, 3.8) is 0 Å². The first kappa shape index (κ1) is 21.2. The number of hydrogen-bond acceptors (Lipinski definition) is 3. The van der Waals surface area contributed by atoms with Gasteiger partial charge in [-0.3, -0.25) is 4.99 Å². The average Bonchev–Trinajstić information content (AvgIpc) is 2.62. The van der Waals surface area contributed by atoms with Gasteiger partial charge in [-0.1, -0.05) is 36.4 Å². The highest BCUT2D eigenvalue weighted by Crippen LogP contribution is 2.12. The van der Waals surface area contributed by atoms with Gasteiger partial charge in [0.15, 0.2) is 5.96 Å². The Labute approximate surface area is 166 Å². The summed E-state index contributed by atoms with van der Waals surface area (Å²) in [6.07, 6.45) is 0. The van der Waals surface area contributed by atoms with E-state index in [1.807, 2.05) is 24.3 Å². The minimum atomic E-state index is 0. The van der Waals surface area contributed by atoms with Gasteiger partial charge in [0.2, 0.25) is 0 Å². The molecule has 0 spiro atoms. The Balaban J connectivity index is 0.00000312. The lowest BCUT2D eigenvalue weighted by atomic mass is 10.1. The largest absolute Gasteiger partial charge is 0.497 e. The summed E-state index contributed by atoms with van der Waals surface area (Å²) in [6.45, 7) is 2.01. The van der Waals surface area contributed by atoms with Crippen molar-refractivity contribution in [2.24, 2.45) is 4.99 Å². The monoisotopic (exact) mass is 455 g/mol. The summed E-state index contributed by atoms with van der Waals surface area (Å²) in [5.41, 5.74) is 3.49. The maximum Gasteiger partial charge on any atom is 0.191 e. The van der Waals surface area contributed by atoms with Crippen LogP contribution in [0.2, 0.25) is 0 Å². The molecule has 2 N–H and O–H groups in total. The molecule has 136 valence electrons. The molecule has 25 heavy (non-hydrogen) atoms. The zero-order valence-corrected chi connectivity index (χ0v) is 17.2. The number of guanidine groups is 1. The minimum absolute atomic E-state index is 0. The molecule has 0 aliphatic rings. The zero-order valence-electron chi connectivity index (χ0n) is 14.9. The lowest BCUT2D eigenvalue weighted by Crippen LogP contribution is -2.36. The van der Waals surface area contributed by atoms with Crippen LogP contribution < -0.4 is 15.4 Å². The van der Waals surface area contributed by atoms with Crippen molar-refractivity contribution in [1.82, 2.24) is 10.6 Å². The molecular formula is C19H26IN3O2. The van der Waals surface area contributed by atoms with Gasteiger partial charge in [0, 0.05) is 27.2 Å². The lowest BCUT2D eigenvalue weighted by Gasteiger charge is -2.13. The van der Waals surface area contributed by atoms with Crippen LogP contribution in [0, 0.1) is 0 Å². The van der Waals surface area contributed by atoms with Crippen molar-refractivity contribution < 1.29 is 9.47 Å². The van der Waals surface area contributed by atoms with Gasteiger partial charge in [-0.05, 0) is 28.8 Å². The van der Waals surface area contributed by atoms with Crippen LogP contribution in [0.3, 0.4) is 0 Å². The molecule has 2 rings (SSSR count). The Bertz CT molecular complexity index is 677. The summed E-state index contributed by atoms with van der Waals surface area (Å²) < 4.78 is 10.4. The highest BCUT2D eigenvalue weighted by atomic mass is 127. The normalized spacial score (nSPS) is 10.8. The molecule has 2 aromatic rings. The number of nitrogens with zero attached hydrogens (tertiary/aromatic N) is 1. The number of nitrogens with one attached hydrogen (secondary N) is 2. The van der Waals surface area contributed by atoms with Crippen molar-refractivity contribution in [2.45, 2.75) is 19.7 Å². The molecule has 0 aliphatic heterocycles. The third-order valence-electron chi connectivity index (χ3n) is 3.58. The van der Waals surface area contributed by atoms with E-state index in [9.17, 15) is 0 Å². The maximum atomic E-state index is 5.24. The smallest absolute Gasteiger partial charge is 0.191 e. The number of methoxy groups -OCH3 is 2. The Hall–Kier alpha value is -1.80. The summed E-state index contributed by atoms with van der Waals surface area (Å²) in [7, 11) is 5.14. The van der Waals surface area contributed by atoms with Gasteiger partial charge in [-0.15, -0.1) is 24.0 Å². The van der Waals surface area contributed by atoms with Crippen LogP contribution in [0.25, 0.3) is 0 Å². The van der Waals surface area contributed by atoms with Crippen LogP contribution in [-0.2, 0) is 24.4 Å². The van der Waals surface area contributed by atoms with Crippen LogP contribution in [0.1, 0.15) is 16.7 Å². The molecular weight excluding hydrogens is 429 g/mol. The predicted molar refractivity (Wildman–Crippen MR) is 113 cm³/mol. The molecule has 0 amide bonds. The van der Waals surface area contributed by atoms with Gasteiger partial charge < -0.3 is 20.1 Å². The fourth-order valence-electron chi connectivity index (χ4n) is 2.37. The highest BCUT2D eigenvalue weighted by molar-refractivity contribution is 14.0. The molecule has 0 heterocycles. The molecule has 0 bridgehead atoms. The molecule has 0 atom stereocenters. The second-order valence-electron chi connectivity index (χ2n) is 5.38. The Kier molecular flexibility index (Phi) is 9.94. The van der Waals surface area contributed by atoms with Gasteiger partial charge in [0.05, 0.1) is 13.7 Å². The number of rotatable bonds is 7. The van der Waals surface area contributed by atoms with Gasteiger partial charge in [-0.2, -0.15) is 0 Å². The second kappa shape index (κ2) is 11.7. The van der Waals surface area contributed by atoms with E-state index in [0.29, 0.717) is 19.7 Å². The Morgan fingerprint density at radius 1 is 0.920 bits per heavy atom. The minimum Gasteiger partial charge on any atom is -0.497 e. The van der Waals surface area contributed by atoms with E-state index in [1.165, 1.54) is 5.56 Å². The summed E-state index contributed by atoms with van der Waals surface area (Å²) >= 11 is 0. The molecule has 0 radical (unpaired) electrons. The molecule has 5 nitrogen and oxygen atoms in total. The van der Waals surface area contributed by atoms with Crippen molar-refractivity contribution >= 4 is 29.9 Å². The molecule has 2 aromatic carbocycles. The highest BCUT2D eigenvalue weighted by Gasteiger charge is 2.01. The van der Waals surface area contributed by atoms with Gasteiger partial charge >= 0.3 is 0 Å². The van der Waals surface area contributed by atoms with Crippen molar-refractivity contribution in [3.05, 3.63) is 65.2 Å². The van der Waals surface area contributed by atoms with E-state index in [-0.39, 0.29) is 24.0 Å². The average molecular weight is 455 g/mol. The Morgan fingerprint density at radius 3 is 2.12 bits per heavy atom. The molecule has 0 aromatic heterocycles. The Morgan fingerprint density at radius 2 is 1.52 bits per heavy atom. The van der Waals surface area contributed by atoms with Gasteiger partial charge in [0.25, 0.3) is 0 Å². The molecule has 0 unspecified atom stereocenters. The molecule has 0 aliphatic carbocycles. The van der Waals surface area contributed by atoms with E-state index in [2.05, 4.69) is 39.9 Å². The lowest BCUT2D eigenvalue weighted by molar-refractivity contribution is 0.185. The number of ether oxygens (including phenoxy) is 2. The van der Waals surface area contributed by atoms with Crippen molar-refractivity contribution in [3.8, 4) is 5.75 Å². The fraction of sp³-hybridized carbons (Fsp3) is 0.316. The standard InChI is InChI=1S/C19H25N3O2.HI/c1-20-19(22-13-16-7-5-9-18(11-16)24-3)21-12-15-6-4-8-17(10-15)14-23-2;/h4-11H,12-14H2,1-3H3,(H2,20,21,22);1H. The first-order valence-corrected chi connectivity index (χ1v) is 7.89. The number of halogens is 1. The molecule has 0 saturated carbocycles. The van der Waals surface area contributed by atoms with E-state index < -0.39 is 0 Å². The van der Waals surface area contributed by atoms with Crippen LogP contribution in [-0.4, -0.2) is 27.2 Å². The summed E-state index contributed by atoms with van der Waals surface area (Å²) in [5, 5.41) is 6.63. The summed E-state index contributed by atoms with van der Waals surface area (Å²) in [5.74, 6) is 1.61. The van der Waals surface area contributed by atoms with Gasteiger partial charge in [-0.25, -0.2) is 0 Å². The summed E-state index contributed by atoms with van der Waals surface area (Å²) in [4.78, 5) is 4.26. The van der Waals surface area contributed by atoms with E-state index in [0.717, 1.165) is 22.8 Å². The van der Waals surface area contributed by atoms with Crippen LogP contribution >= 0.6 is 24.0 Å².